The maximum absolute atomic E-state index is 3.87. The summed E-state index contributed by atoms with van der Waals surface area (Å²) in [6.07, 6.45) is 0. The van der Waals surface area contributed by atoms with E-state index in [-0.39, 0.29) is 0 Å². The van der Waals surface area contributed by atoms with E-state index in [2.05, 4.69) is 281 Å². The molecular formula is C62H44N4. The van der Waals surface area contributed by atoms with Crippen LogP contribution in [0.25, 0.3) is 61.1 Å². The van der Waals surface area contributed by atoms with Gasteiger partial charge < -0.3 is 10.2 Å². The summed E-state index contributed by atoms with van der Waals surface area (Å²) in [5.74, 6) is 1.09. The average Bonchev–Trinajstić information content (AvgIpc) is 3.73. The molecule has 10 aromatic carbocycles. The number of anilines is 8. The third-order valence-corrected chi connectivity index (χ3v) is 12.7. The molecule has 0 amide bonds. The van der Waals surface area contributed by atoms with Gasteiger partial charge in [0.15, 0.2) is 0 Å². The maximum Gasteiger partial charge on any atom is 0.147 e. The van der Waals surface area contributed by atoms with E-state index in [1.165, 1.54) is 27.6 Å². The van der Waals surface area contributed by atoms with Crippen molar-refractivity contribution >= 4 is 56.5 Å². The highest BCUT2D eigenvalue weighted by molar-refractivity contribution is 6.10. The van der Waals surface area contributed by atoms with Gasteiger partial charge in [-0.1, -0.05) is 182 Å². The molecule has 1 aliphatic heterocycles. The van der Waals surface area contributed by atoms with E-state index in [0.29, 0.717) is 0 Å². The Morgan fingerprint density at radius 1 is 0.333 bits per heavy atom. The van der Waals surface area contributed by atoms with Gasteiger partial charge in [-0.3, -0.25) is 9.47 Å². The number of rotatable bonds is 9. The van der Waals surface area contributed by atoms with Gasteiger partial charge in [0.1, 0.15) is 5.82 Å². The van der Waals surface area contributed by atoms with Crippen molar-refractivity contribution in [2.75, 3.05) is 15.1 Å². The third kappa shape index (κ3) is 6.98. The highest BCUT2D eigenvalue weighted by atomic mass is 15.3. The first kappa shape index (κ1) is 38.8. The van der Waals surface area contributed by atoms with Crippen LogP contribution in [0.4, 0.5) is 45.6 Å². The van der Waals surface area contributed by atoms with E-state index in [1.54, 1.807) is 0 Å². The zero-order valence-corrected chi connectivity index (χ0v) is 36.2. The normalized spacial score (nSPS) is 11.7. The average molecular weight is 845 g/mol. The topological polar surface area (TPSA) is 23.4 Å². The number of hydrogen-bond donors (Lipinski definition) is 1. The fourth-order valence-electron chi connectivity index (χ4n) is 9.59. The minimum Gasteiger partial charge on any atom is -0.350 e. The molecule has 1 aromatic heterocycles. The molecular weight excluding hydrogens is 801 g/mol. The van der Waals surface area contributed by atoms with Crippen molar-refractivity contribution in [1.29, 1.82) is 0 Å². The smallest absolute Gasteiger partial charge is 0.147 e. The summed E-state index contributed by atoms with van der Waals surface area (Å²) in [4.78, 5) is 4.75. The van der Waals surface area contributed by atoms with Crippen LogP contribution in [-0.4, -0.2) is 4.57 Å². The molecule has 0 spiro atoms. The van der Waals surface area contributed by atoms with Crippen LogP contribution < -0.4 is 15.1 Å². The Hall–Kier alpha value is -8.86. The minimum absolute atomic E-state index is 1.06. The molecule has 312 valence electrons. The Kier molecular flexibility index (Phi) is 9.81. The predicted octanol–water partition coefficient (Wildman–Crippen LogP) is 17.3. The molecule has 0 aliphatic carbocycles. The van der Waals surface area contributed by atoms with E-state index in [0.717, 1.165) is 79.1 Å². The van der Waals surface area contributed by atoms with Crippen molar-refractivity contribution in [3.05, 3.63) is 261 Å². The molecule has 0 radical (unpaired) electrons. The zero-order valence-electron chi connectivity index (χ0n) is 36.2. The van der Waals surface area contributed by atoms with Crippen LogP contribution in [0.5, 0.6) is 0 Å². The molecule has 0 fully saturated rings. The van der Waals surface area contributed by atoms with E-state index in [1.807, 2.05) is 0 Å². The van der Waals surface area contributed by atoms with E-state index in [9.17, 15) is 0 Å². The van der Waals surface area contributed by atoms with E-state index in [4.69, 9.17) is 0 Å². The number of benzene rings is 10. The monoisotopic (exact) mass is 844 g/mol. The number of hydrogen-bond acceptors (Lipinski definition) is 3. The largest absolute Gasteiger partial charge is 0.350 e. The van der Waals surface area contributed by atoms with Crippen molar-refractivity contribution in [3.63, 3.8) is 0 Å². The van der Waals surface area contributed by atoms with Gasteiger partial charge in [-0.15, -0.1) is 0 Å². The van der Waals surface area contributed by atoms with Crippen LogP contribution in [0.2, 0.25) is 0 Å². The highest BCUT2D eigenvalue weighted by Crippen LogP contribution is 2.53. The first-order valence-electron chi connectivity index (χ1n) is 22.5. The van der Waals surface area contributed by atoms with Crippen LogP contribution >= 0.6 is 0 Å². The van der Waals surface area contributed by atoms with Gasteiger partial charge in [0, 0.05) is 33.8 Å². The Morgan fingerprint density at radius 2 is 0.818 bits per heavy atom. The second kappa shape index (κ2) is 16.7. The zero-order chi connectivity index (χ0) is 43.8. The summed E-state index contributed by atoms with van der Waals surface area (Å²) < 4.78 is 2.38. The maximum atomic E-state index is 3.87. The molecule has 0 unspecified atom stereocenters. The van der Waals surface area contributed by atoms with Crippen LogP contribution in [0.15, 0.2) is 261 Å². The first-order valence-corrected chi connectivity index (χ1v) is 22.5. The number of aromatic nitrogens is 1. The lowest BCUT2D eigenvalue weighted by Crippen LogP contribution is -2.20. The fraction of sp³-hybridized carbons (Fsp3) is 0. The van der Waals surface area contributed by atoms with Gasteiger partial charge in [0.05, 0.1) is 22.6 Å². The number of nitrogens with zero attached hydrogens (tertiary/aromatic N) is 3. The van der Waals surface area contributed by atoms with Crippen molar-refractivity contribution in [2.45, 2.75) is 0 Å². The van der Waals surface area contributed by atoms with Gasteiger partial charge in [0.25, 0.3) is 0 Å². The molecule has 0 saturated carbocycles. The van der Waals surface area contributed by atoms with Crippen molar-refractivity contribution in [1.82, 2.24) is 4.57 Å². The van der Waals surface area contributed by atoms with Crippen molar-refractivity contribution in [3.8, 4) is 50.2 Å². The summed E-state index contributed by atoms with van der Waals surface area (Å²) >= 11 is 0. The first-order chi connectivity index (χ1) is 32.7. The molecule has 0 bridgehead atoms. The Bertz CT molecular complexity index is 3470. The summed E-state index contributed by atoms with van der Waals surface area (Å²) in [5.41, 5.74) is 19.4. The van der Waals surface area contributed by atoms with Crippen LogP contribution in [0.3, 0.4) is 0 Å². The molecule has 66 heavy (non-hydrogen) atoms. The number of nitrogens with one attached hydrogen (secondary N) is 1. The Balaban J connectivity index is 0.885. The lowest BCUT2D eigenvalue weighted by atomic mass is 9.94. The quantitative estimate of drug-likeness (QED) is 0.157. The molecule has 12 rings (SSSR count). The number of fused-ring (bicyclic) bond motifs is 4. The standard InChI is InChI=1S/C62H44N4/c1-5-18-46(19-6-1)55-28-13-14-29-56(55)47-36-39-53(40-37-47)64(50-21-7-2-8-22-50)54-27-17-20-48(42-54)44-32-34-45(35-33-44)49-38-41-58-60(43-49)66(52-25-11-4-12-26-52)62-61(63-58)57-30-15-16-31-59(57)65(62)51-23-9-3-10-24-51/h1-43,63H. The van der Waals surface area contributed by atoms with Crippen LogP contribution in [-0.2, 0) is 0 Å². The molecule has 11 aromatic rings. The van der Waals surface area contributed by atoms with Crippen molar-refractivity contribution in [2.24, 2.45) is 0 Å². The molecule has 1 aliphatic rings. The molecule has 1 N–H and O–H groups in total. The molecule has 4 nitrogen and oxygen atoms in total. The Labute approximate surface area is 385 Å². The van der Waals surface area contributed by atoms with Gasteiger partial charge in [-0.05, 0) is 123 Å². The van der Waals surface area contributed by atoms with Crippen molar-refractivity contribution < 1.29 is 0 Å². The molecule has 0 atom stereocenters. The molecule has 0 saturated heterocycles. The van der Waals surface area contributed by atoms with E-state index >= 15 is 0 Å². The second-order valence-corrected chi connectivity index (χ2v) is 16.7. The lowest BCUT2D eigenvalue weighted by Gasteiger charge is -2.34. The van der Waals surface area contributed by atoms with Gasteiger partial charge in [0.2, 0.25) is 0 Å². The fourth-order valence-corrected chi connectivity index (χ4v) is 9.59. The summed E-state index contributed by atoms with van der Waals surface area (Å²) in [7, 11) is 0. The Morgan fingerprint density at radius 3 is 1.50 bits per heavy atom. The van der Waals surface area contributed by atoms with Crippen LogP contribution in [0, 0.1) is 0 Å². The summed E-state index contributed by atoms with van der Waals surface area (Å²) in [6.45, 7) is 0. The third-order valence-electron chi connectivity index (χ3n) is 12.7. The lowest BCUT2D eigenvalue weighted by molar-refractivity contribution is 1.07. The highest BCUT2D eigenvalue weighted by Gasteiger charge is 2.31. The molecule has 4 heteroatoms. The molecule has 2 heterocycles. The van der Waals surface area contributed by atoms with E-state index < -0.39 is 0 Å². The summed E-state index contributed by atoms with van der Waals surface area (Å²) in [6, 6.07) is 93.5. The second-order valence-electron chi connectivity index (χ2n) is 16.7. The minimum atomic E-state index is 1.06. The summed E-state index contributed by atoms with van der Waals surface area (Å²) in [5, 5.41) is 5.05. The van der Waals surface area contributed by atoms with Crippen LogP contribution in [0.1, 0.15) is 0 Å². The van der Waals surface area contributed by atoms with Gasteiger partial charge >= 0.3 is 0 Å². The SMILES string of the molecule is c1ccc(-c2ccccc2-c2ccc(N(c3ccccc3)c3cccc(-c4ccc(-c5ccc6c(c5)N(c5ccccc5)c5c(c7ccccc7n5-c5ccccc5)N6)cc4)c3)cc2)cc1. The number of para-hydroxylation sites is 4. The predicted molar refractivity (Wildman–Crippen MR) is 278 cm³/mol. The van der Waals surface area contributed by atoms with Gasteiger partial charge in [-0.25, -0.2) is 0 Å². The van der Waals surface area contributed by atoms with Gasteiger partial charge in [-0.2, -0.15) is 0 Å².